The molecule has 0 saturated heterocycles. The number of carboxylic acids is 2. The van der Waals surface area contributed by atoms with E-state index in [4.69, 9.17) is 14.6 Å². The van der Waals surface area contributed by atoms with Gasteiger partial charge in [0.2, 0.25) is 0 Å². The van der Waals surface area contributed by atoms with E-state index in [0.29, 0.717) is 0 Å². The maximum atomic E-state index is 11.1. The lowest BCUT2D eigenvalue weighted by Crippen LogP contribution is -2.12. The van der Waals surface area contributed by atoms with Crippen molar-refractivity contribution < 1.29 is 24.2 Å². The third-order valence-corrected chi connectivity index (χ3v) is 4.29. The molecule has 0 atom stereocenters. The lowest BCUT2D eigenvalue weighted by atomic mass is 9.86. The summed E-state index contributed by atoms with van der Waals surface area (Å²) in [6, 6.07) is 5.52. The average Bonchev–Trinajstić information content (AvgIpc) is 2.84. The number of furan rings is 1. The van der Waals surface area contributed by atoms with Crippen molar-refractivity contribution in [1.29, 1.82) is 0 Å². The van der Waals surface area contributed by atoms with Crippen LogP contribution in [0.5, 0.6) is 0 Å². The van der Waals surface area contributed by atoms with Crippen LogP contribution in [-0.4, -0.2) is 22.2 Å². The fourth-order valence-electron chi connectivity index (χ4n) is 3.40. The zero-order valence-corrected chi connectivity index (χ0v) is 12.2. The standard InChI is InChI=1S/C17H18O5/c18-15(19)8-10(9-16(20)21)11-5-3-7-14-17(11)12-4-1-2-6-13(12)22-14/h3,5,7,10H,1-2,4,6,8-9H2,(H,18,19)(H,20,21). The van der Waals surface area contributed by atoms with Gasteiger partial charge in [0.25, 0.3) is 0 Å². The predicted molar refractivity (Wildman–Crippen MR) is 80.1 cm³/mol. The van der Waals surface area contributed by atoms with E-state index in [1.165, 1.54) is 0 Å². The van der Waals surface area contributed by atoms with Gasteiger partial charge in [-0.05, 0) is 30.9 Å². The van der Waals surface area contributed by atoms with E-state index < -0.39 is 17.9 Å². The van der Waals surface area contributed by atoms with Crippen LogP contribution in [0.15, 0.2) is 22.6 Å². The van der Waals surface area contributed by atoms with Gasteiger partial charge in [0, 0.05) is 23.3 Å². The van der Waals surface area contributed by atoms with Crippen molar-refractivity contribution in [2.75, 3.05) is 0 Å². The molecule has 1 aliphatic carbocycles. The van der Waals surface area contributed by atoms with Crippen LogP contribution in [0.25, 0.3) is 11.0 Å². The number of rotatable bonds is 5. The number of hydrogen-bond acceptors (Lipinski definition) is 3. The van der Waals surface area contributed by atoms with Crippen LogP contribution in [0.3, 0.4) is 0 Å². The van der Waals surface area contributed by atoms with E-state index in [1.54, 1.807) is 0 Å². The van der Waals surface area contributed by atoms with E-state index in [-0.39, 0.29) is 12.8 Å². The SMILES string of the molecule is O=C(O)CC(CC(=O)O)c1cccc2oc3c(c12)CCCC3. The molecule has 22 heavy (non-hydrogen) atoms. The van der Waals surface area contributed by atoms with Crippen molar-refractivity contribution in [3.8, 4) is 0 Å². The molecule has 0 saturated carbocycles. The molecule has 0 spiro atoms. The number of aliphatic carboxylic acids is 2. The minimum absolute atomic E-state index is 0.189. The van der Waals surface area contributed by atoms with Gasteiger partial charge in [-0.15, -0.1) is 0 Å². The van der Waals surface area contributed by atoms with Crippen molar-refractivity contribution in [3.05, 3.63) is 35.1 Å². The van der Waals surface area contributed by atoms with Gasteiger partial charge < -0.3 is 14.6 Å². The first-order valence-electron chi connectivity index (χ1n) is 7.53. The Morgan fingerprint density at radius 3 is 2.45 bits per heavy atom. The molecule has 1 aliphatic rings. The largest absolute Gasteiger partial charge is 0.481 e. The Balaban J connectivity index is 2.13. The average molecular weight is 302 g/mol. The zero-order valence-electron chi connectivity index (χ0n) is 12.2. The summed E-state index contributed by atoms with van der Waals surface area (Å²) in [5.74, 6) is -1.54. The first-order chi connectivity index (χ1) is 10.6. The molecule has 0 unspecified atom stereocenters. The van der Waals surface area contributed by atoms with Crippen molar-refractivity contribution >= 4 is 22.9 Å². The Bertz CT molecular complexity index is 712. The summed E-state index contributed by atoms with van der Waals surface area (Å²) in [7, 11) is 0. The summed E-state index contributed by atoms with van der Waals surface area (Å²) >= 11 is 0. The summed E-state index contributed by atoms with van der Waals surface area (Å²) in [5, 5.41) is 19.1. The van der Waals surface area contributed by atoms with Gasteiger partial charge in [-0.25, -0.2) is 0 Å². The van der Waals surface area contributed by atoms with Gasteiger partial charge in [0.05, 0.1) is 12.8 Å². The number of hydrogen-bond donors (Lipinski definition) is 2. The molecule has 1 aromatic carbocycles. The highest BCUT2D eigenvalue weighted by molar-refractivity contribution is 5.88. The van der Waals surface area contributed by atoms with E-state index in [1.807, 2.05) is 18.2 Å². The van der Waals surface area contributed by atoms with E-state index in [9.17, 15) is 9.59 Å². The normalized spacial score (nSPS) is 14.2. The van der Waals surface area contributed by atoms with Gasteiger partial charge in [0.15, 0.2) is 0 Å². The van der Waals surface area contributed by atoms with Crippen molar-refractivity contribution in [2.45, 2.75) is 44.4 Å². The highest BCUT2D eigenvalue weighted by Crippen LogP contribution is 2.38. The highest BCUT2D eigenvalue weighted by Gasteiger charge is 2.26. The summed E-state index contributed by atoms with van der Waals surface area (Å²) < 4.78 is 5.90. The molecule has 2 N–H and O–H groups in total. The van der Waals surface area contributed by atoms with Gasteiger partial charge in [-0.2, -0.15) is 0 Å². The van der Waals surface area contributed by atoms with Crippen molar-refractivity contribution in [2.24, 2.45) is 0 Å². The molecule has 0 bridgehead atoms. The van der Waals surface area contributed by atoms with Crippen LogP contribution in [0, 0.1) is 0 Å². The minimum atomic E-state index is -0.986. The monoisotopic (exact) mass is 302 g/mol. The molecule has 3 rings (SSSR count). The Morgan fingerprint density at radius 1 is 1.09 bits per heavy atom. The number of carboxylic acid groups (broad SMARTS) is 2. The van der Waals surface area contributed by atoms with Crippen LogP contribution >= 0.6 is 0 Å². The quantitative estimate of drug-likeness (QED) is 0.884. The Kier molecular flexibility index (Phi) is 3.88. The molecule has 2 aromatic rings. The molecule has 116 valence electrons. The second-order valence-electron chi connectivity index (χ2n) is 5.82. The molecule has 1 aromatic heterocycles. The van der Waals surface area contributed by atoms with E-state index in [0.717, 1.165) is 53.5 Å². The van der Waals surface area contributed by atoms with E-state index >= 15 is 0 Å². The van der Waals surface area contributed by atoms with Crippen LogP contribution in [0.2, 0.25) is 0 Å². The van der Waals surface area contributed by atoms with Gasteiger partial charge in [-0.3, -0.25) is 9.59 Å². The van der Waals surface area contributed by atoms with Crippen LogP contribution < -0.4 is 0 Å². The summed E-state index contributed by atoms with van der Waals surface area (Å²) in [4.78, 5) is 22.2. The van der Waals surface area contributed by atoms with Crippen LogP contribution in [0.1, 0.15) is 48.5 Å². The zero-order chi connectivity index (χ0) is 15.7. The molecular formula is C17H18O5. The third-order valence-electron chi connectivity index (χ3n) is 4.29. The predicted octanol–water partition coefficient (Wildman–Crippen LogP) is 3.34. The minimum Gasteiger partial charge on any atom is -0.481 e. The van der Waals surface area contributed by atoms with Crippen LogP contribution in [0.4, 0.5) is 0 Å². The van der Waals surface area contributed by atoms with Crippen LogP contribution in [-0.2, 0) is 22.4 Å². The molecule has 0 amide bonds. The molecule has 5 nitrogen and oxygen atoms in total. The molecule has 0 fully saturated rings. The lowest BCUT2D eigenvalue weighted by Gasteiger charge is -2.16. The van der Waals surface area contributed by atoms with E-state index in [2.05, 4.69) is 0 Å². The van der Waals surface area contributed by atoms with Gasteiger partial charge in [0.1, 0.15) is 11.3 Å². The maximum Gasteiger partial charge on any atom is 0.303 e. The van der Waals surface area contributed by atoms with Crippen molar-refractivity contribution in [1.82, 2.24) is 0 Å². The first kappa shape index (κ1) is 14.6. The topological polar surface area (TPSA) is 87.7 Å². The highest BCUT2D eigenvalue weighted by atomic mass is 16.4. The molecular weight excluding hydrogens is 284 g/mol. The third kappa shape index (κ3) is 2.71. The molecule has 0 radical (unpaired) electrons. The first-order valence-corrected chi connectivity index (χ1v) is 7.53. The van der Waals surface area contributed by atoms with Gasteiger partial charge >= 0.3 is 11.9 Å². The molecule has 1 heterocycles. The molecule has 0 aliphatic heterocycles. The number of aryl methyl sites for hydroxylation is 2. The fraction of sp³-hybridized carbons (Fsp3) is 0.412. The smallest absolute Gasteiger partial charge is 0.303 e. The molecule has 5 heteroatoms. The summed E-state index contributed by atoms with van der Waals surface area (Å²) in [6.45, 7) is 0. The number of carbonyl (C=O) groups is 2. The Labute approximate surface area is 127 Å². The second-order valence-corrected chi connectivity index (χ2v) is 5.82. The fourth-order valence-corrected chi connectivity index (χ4v) is 3.40. The summed E-state index contributed by atoms with van der Waals surface area (Å²) in [5.41, 5.74) is 2.66. The lowest BCUT2D eigenvalue weighted by molar-refractivity contribution is -0.139. The number of benzene rings is 1. The van der Waals surface area contributed by atoms with Gasteiger partial charge in [-0.1, -0.05) is 12.1 Å². The Morgan fingerprint density at radius 2 is 1.77 bits per heavy atom. The second kappa shape index (κ2) is 5.83. The Hall–Kier alpha value is -2.30. The van der Waals surface area contributed by atoms with Crippen molar-refractivity contribution in [3.63, 3.8) is 0 Å². The number of fused-ring (bicyclic) bond motifs is 3. The summed E-state index contributed by atoms with van der Waals surface area (Å²) in [6.07, 6.45) is 3.60. The maximum absolute atomic E-state index is 11.1.